The molecule has 0 aromatic carbocycles. The fraction of sp³-hybridized carbons (Fsp3) is 0.667. The second kappa shape index (κ2) is 6.03. The molecule has 90 valence electrons. The second-order valence-electron chi connectivity index (χ2n) is 4.57. The molecule has 1 aliphatic heterocycles. The van der Waals surface area contributed by atoms with Crippen molar-refractivity contribution >= 4 is 0 Å². The zero-order valence-electron chi connectivity index (χ0n) is 10.00. The van der Waals surface area contributed by atoms with E-state index in [1.807, 2.05) is 12.3 Å². The molecule has 2 heterocycles. The van der Waals surface area contributed by atoms with Gasteiger partial charge < -0.3 is 20.5 Å². The van der Waals surface area contributed by atoms with E-state index >= 15 is 0 Å². The van der Waals surface area contributed by atoms with Gasteiger partial charge >= 0.3 is 0 Å². The molecule has 0 spiro atoms. The van der Waals surface area contributed by atoms with Gasteiger partial charge in [0, 0.05) is 44.1 Å². The molecule has 0 aliphatic carbocycles. The molecule has 1 aromatic heterocycles. The average molecular weight is 222 g/mol. The van der Waals surface area contributed by atoms with E-state index in [1.54, 1.807) is 0 Å². The summed E-state index contributed by atoms with van der Waals surface area (Å²) in [4.78, 5) is 5.59. The number of H-pyrrole nitrogens is 1. The highest BCUT2D eigenvalue weighted by Gasteiger charge is 2.15. The lowest BCUT2D eigenvalue weighted by Crippen LogP contribution is -2.49. The normalized spacial score (nSPS) is 22.4. The molecule has 0 bridgehead atoms. The highest BCUT2D eigenvalue weighted by Crippen LogP contribution is 2.00. The average Bonchev–Trinajstić information content (AvgIpc) is 2.77. The van der Waals surface area contributed by atoms with Crippen LogP contribution in [0, 0.1) is 0 Å². The standard InChI is InChI=1S/C12H22N4/c1-16-8-7-15-12(10-16)4-6-13-9-11-3-2-5-14-11/h2-3,5,12-15H,4,6-10H2,1H3. The van der Waals surface area contributed by atoms with Gasteiger partial charge in [-0.05, 0) is 32.1 Å². The number of rotatable bonds is 5. The lowest BCUT2D eigenvalue weighted by Gasteiger charge is -2.30. The van der Waals surface area contributed by atoms with Gasteiger partial charge in [0.25, 0.3) is 0 Å². The Balaban J connectivity index is 1.57. The van der Waals surface area contributed by atoms with Crippen LogP contribution in [0.5, 0.6) is 0 Å². The third-order valence-corrected chi connectivity index (χ3v) is 3.11. The van der Waals surface area contributed by atoms with Gasteiger partial charge in [0.15, 0.2) is 0 Å². The van der Waals surface area contributed by atoms with Crippen molar-refractivity contribution in [2.45, 2.75) is 19.0 Å². The first-order valence-corrected chi connectivity index (χ1v) is 6.09. The van der Waals surface area contributed by atoms with Crippen LogP contribution in [-0.2, 0) is 6.54 Å². The summed E-state index contributed by atoms with van der Waals surface area (Å²) in [5, 5.41) is 7.01. The van der Waals surface area contributed by atoms with Crippen LogP contribution in [0.1, 0.15) is 12.1 Å². The largest absolute Gasteiger partial charge is 0.364 e. The van der Waals surface area contributed by atoms with Crippen LogP contribution in [0.3, 0.4) is 0 Å². The first kappa shape index (κ1) is 11.6. The van der Waals surface area contributed by atoms with Gasteiger partial charge in [-0.1, -0.05) is 0 Å². The monoisotopic (exact) mass is 222 g/mol. The molecule has 1 aliphatic rings. The van der Waals surface area contributed by atoms with Crippen LogP contribution < -0.4 is 10.6 Å². The maximum absolute atomic E-state index is 3.55. The lowest BCUT2D eigenvalue weighted by molar-refractivity contribution is 0.231. The molecule has 4 heteroatoms. The molecule has 1 atom stereocenters. The maximum Gasteiger partial charge on any atom is 0.0357 e. The quantitative estimate of drug-likeness (QED) is 0.632. The predicted octanol–water partition coefficient (Wildman–Crippen LogP) is 0.398. The van der Waals surface area contributed by atoms with Crippen LogP contribution >= 0.6 is 0 Å². The van der Waals surface area contributed by atoms with Gasteiger partial charge in [-0.25, -0.2) is 0 Å². The van der Waals surface area contributed by atoms with Gasteiger partial charge in [-0.3, -0.25) is 0 Å². The fourth-order valence-corrected chi connectivity index (χ4v) is 2.16. The predicted molar refractivity (Wildman–Crippen MR) is 66.4 cm³/mol. The molecular formula is C12H22N4. The van der Waals surface area contributed by atoms with E-state index in [9.17, 15) is 0 Å². The van der Waals surface area contributed by atoms with Crippen molar-refractivity contribution in [1.29, 1.82) is 0 Å². The minimum Gasteiger partial charge on any atom is -0.364 e. The van der Waals surface area contributed by atoms with Crippen molar-refractivity contribution in [3.05, 3.63) is 24.0 Å². The third-order valence-electron chi connectivity index (χ3n) is 3.11. The van der Waals surface area contributed by atoms with Crippen LogP contribution in [0.25, 0.3) is 0 Å². The van der Waals surface area contributed by atoms with Gasteiger partial charge in [-0.15, -0.1) is 0 Å². The van der Waals surface area contributed by atoms with E-state index in [-0.39, 0.29) is 0 Å². The van der Waals surface area contributed by atoms with E-state index < -0.39 is 0 Å². The first-order chi connectivity index (χ1) is 7.84. The number of likely N-dealkylation sites (N-methyl/N-ethyl adjacent to an activating group) is 1. The van der Waals surface area contributed by atoms with Crippen LogP contribution in [-0.4, -0.2) is 49.2 Å². The van der Waals surface area contributed by atoms with E-state index in [4.69, 9.17) is 0 Å². The van der Waals surface area contributed by atoms with Crippen molar-refractivity contribution in [2.75, 3.05) is 33.2 Å². The number of nitrogens with one attached hydrogen (secondary N) is 3. The second-order valence-corrected chi connectivity index (χ2v) is 4.57. The Kier molecular flexibility index (Phi) is 4.39. The summed E-state index contributed by atoms with van der Waals surface area (Å²) in [6, 6.07) is 4.80. The zero-order valence-corrected chi connectivity index (χ0v) is 10.00. The molecule has 16 heavy (non-hydrogen) atoms. The number of hydrogen-bond acceptors (Lipinski definition) is 3. The molecule has 1 fully saturated rings. The van der Waals surface area contributed by atoms with E-state index in [0.717, 1.165) is 19.6 Å². The summed E-state index contributed by atoms with van der Waals surface area (Å²) in [6.45, 7) is 5.48. The minimum absolute atomic E-state index is 0.648. The maximum atomic E-state index is 3.55. The molecule has 0 radical (unpaired) electrons. The number of nitrogens with zero attached hydrogens (tertiary/aromatic N) is 1. The Bertz CT molecular complexity index is 283. The van der Waals surface area contributed by atoms with Crippen molar-refractivity contribution in [3.8, 4) is 0 Å². The number of piperazine rings is 1. The number of aromatic nitrogens is 1. The SMILES string of the molecule is CN1CCNC(CCNCc2ccc[nH]2)C1. The van der Waals surface area contributed by atoms with E-state index in [2.05, 4.69) is 33.6 Å². The Morgan fingerprint density at radius 2 is 2.50 bits per heavy atom. The highest BCUT2D eigenvalue weighted by atomic mass is 15.2. The highest BCUT2D eigenvalue weighted by molar-refractivity contribution is 5.02. The molecular weight excluding hydrogens is 200 g/mol. The molecule has 0 saturated carbocycles. The molecule has 1 saturated heterocycles. The molecule has 3 N–H and O–H groups in total. The molecule has 1 unspecified atom stereocenters. The van der Waals surface area contributed by atoms with Crippen LogP contribution in [0.15, 0.2) is 18.3 Å². The lowest BCUT2D eigenvalue weighted by atomic mass is 10.1. The Morgan fingerprint density at radius 1 is 1.56 bits per heavy atom. The minimum atomic E-state index is 0.648. The van der Waals surface area contributed by atoms with Crippen LogP contribution in [0.2, 0.25) is 0 Å². The van der Waals surface area contributed by atoms with Gasteiger partial charge in [-0.2, -0.15) is 0 Å². The van der Waals surface area contributed by atoms with Gasteiger partial charge in [0.2, 0.25) is 0 Å². The smallest absolute Gasteiger partial charge is 0.0357 e. The van der Waals surface area contributed by atoms with Gasteiger partial charge in [0.1, 0.15) is 0 Å². The van der Waals surface area contributed by atoms with Crippen molar-refractivity contribution in [1.82, 2.24) is 20.5 Å². The summed E-state index contributed by atoms with van der Waals surface area (Å²) in [7, 11) is 2.19. The topological polar surface area (TPSA) is 43.1 Å². The third kappa shape index (κ3) is 3.63. The molecule has 0 amide bonds. The van der Waals surface area contributed by atoms with Crippen molar-refractivity contribution < 1.29 is 0 Å². The summed E-state index contributed by atoms with van der Waals surface area (Å²) in [5.74, 6) is 0. The summed E-state index contributed by atoms with van der Waals surface area (Å²) < 4.78 is 0. The van der Waals surface area contributed by atoms with Crippen molar-refractivity contribution in [2.24, 2.45) is 0 Å². The van der Waals surface area contributed by atoms with E-state index in [0.29, 0.717) is 6.04 Å². The first-order valence-electron chi connectivity index (χ1n) is 6.09. The van der Waals surface area contributed by atoms with Crippen LogP contribution in [0.4, 0.5) is 0 Å². The molecule has 1 aromatic rings. The Morgan fingerprint density at radius 3 is 3.25 bits per heavy atom. The van der Waals surface area contributed by atoms with E-state index in [1.165, 1.54) is 25.2 Å². The molecule has 4 nitrogen and oxygen atoms in total. The summed E-state index contributed by atoms with van der Waals surface area (Å²) in [6.07, 6.45) is 3.17. The Hall–Kier alpha value is -0.840. The number of hydrogen-bond donors (Lipinski definition) is 3. The fourth-order valence-electron chi connectivity index (χ4n) is 2.16. The summed E-state index contributed by atoms with van der Waals surface area (Å²) >= 11 is 0. The summed E-state index contributed by atoms with van der Waals surface area (Å²) in [5.41, 5.74) is 1.26. The van der Waals surface area contributed by atoms with Gasteiger partial charge in [0.05, 0.1) is 0 Å². The molecule has 2 rings (SSSR count). The number of aromatic amines is 1. The van der Waals surface area contributed by atoms with Crippen molar-refractivity contribution in [3.63, 3.8) is 0 Å². The Labute approximate surface area is 97.4 Å². The zero-order chi connectivity index (χ0) is 11.2.